The number of aryl methyl sites for hydroxylation is 1. The second-order valence-corrected chi connectivity index (χ2v) is 5.95. The average molecular weight is 194 g/mol. The number of hydrogen-bond acceptors (Lipinski definition) is 1. The number of aromatic nitrogens is 2. The monoisotopic (exact) mass is 194 g/mol. The largest absolute Gasteiger partial charge is 0.326 e. The SMILES string of the molecule is Cc1ncc(C(C)(C)C)n1C(C)(C)C. The van der Waals surface area contributed by atoms with Crippen LogP contribution in [0, 0.1) is 6.92 Å². The van der Waals surface area contributed by atoms with Gasteiger partial charge in [-0.25, -0.2) is 4.98 Å². The highest BCUT2D eigenvalue weighted by molar-refractivity contribution is 5.16. The second-order valence-electron chi connectivity index (χ2n) is 5.95. The molecular weight excluding hydrogens is 172 g/mol. The fraction of sp³-hybridized carbons (Fsp3) is 0.750. The minimum atomic E-state index is 0.114. The van der Waals surface area contributed by atoms with Gasteiger partial charge in [-0.2, -0.15) is 0 Å². The molecule has 0 aromatic carbocycles. The lowest BCUT2D eigenvalue weighted by Crippen LogP contribution is -2.29. The molecule has 0 fully saturated rings. The Morgan fingerprint density at radius 2 is 1.57 bits per heavy atom. The normalized spacial score (nSPS) is 13.4. The van der Waals surface area contributed by atoms with Crippen LogP contribution in [0.5, 0.6) is 0 Å². The summed E-state index contributed by atoms with van der Waals surface area (Å²) in [7, 11) is 0. The van der Waals surface area contributed by atoms with E-state index in [0.29, 0.717) is 0 Å². The first-order valence-corrected chi connectivity index (χ1v) is 5.19. The summed E-state index contributed by atoms with van der Waals surface area (Å²) in [6.45, 7) is 15.4. The Kier molecular flexibility index (Phi) is 2.51. The van der Waals surface area contributed by atoms with E-state index in [1.165, 1.54) is 5.69 Å². The molecule has 0 N–H and O–H groups in total. The van der Waals surface area contributed by atoms with Crippen molar-refractivity contribution in [2.45, 2.75) is 59.4 Å². The van der Waals surface area contributed by atoms with Crippen molar-refractivity contribution >= 4 is 0 Å². The Hall–Kier alpha value is -0.790. The van der Waals surface area contributed by atoms with Gasteiger partial charge in [0.15, 0.2) is 0 Å². The Balaban J connectivity index is 3.35. The van der Waals surface area contributed by atoms with Gasteiger partial charge in [0.2, 0.25) is 0 Å². The minimum Gasteiger partial charge on any atom is -0.326 e. The molecule has 14 heavy (non-hydrogen) atoms. The highest BCUT2D eigenvalue weighted by Crippen LogP contribution is 2.28. The van der Waals surface area contributed by atoms with Crippen molar-refractivity contribution < 1.29 is 0 Å². The molecule has 0 spiro atoms. The molecule has 0 saturated carbocycles. The van der Waals surface area contributed by atoms with Gasteiger partial charge in [0.1, 0.15) is 5.82 Å². The summed E-state index contributed by atoms with van der Waals surface area (Å²) < 4.78 is 2.33. The van der Waals surface area contributed by atoms with Crippen molar-refractivity contribution in [2.75, 3.05) is 0 Å². The molecule has 1 aromatic rings. The van der Waals surface area contributed by atoms with Crippen LogP contribution in [0.1, 0.15) is 53.1 Å². The first kappa shape index (κ1) is 11.3. The molecule has 2 heteroatoms. The van der Waals surface area contributed by atoms with Crippen LogP contribution in [0.2, 0.25) is 0 Å². The van der Waals surface area contributed by atoms with Crippen molar-refractivity contribution in [1.82, 2.24) is 9.55 Å². The quantitative estimate of drug-likeness (QED) is 0.620. The van der Waals surface area contributed by atoms with Gasteiger partial charge in [0.05, 0.1) is 0 Å². The maximum Gasteiger partial charge on any atom is 0.106 e. The molecule has 0 amide bonds. The van der Waals surface area contributed by atoms with Crippen molar-refractivity contribution in [3.63, 3.8) is 0 Å². The number of nitrogens with zero attached hydrogens (tertiary/aromatic N) is 2. The molecule has 0 aliphatic rings. The molecule has 0 aliphatic heterocycles. The van der Waals surface area contributed by atoms with E-state index in [2.05, 4.69) is 58.0 Å². The highest BCUT2D eigenvalue weighted by atomic mass is 15.1. The summed E-state index contributed by atoms with van der Waals surface area (Å²) >= 11 is 0. The van der Waals surface area contributed by atoms with Crippen molar-refractivity contribution in [3.05, 3.63) is 17.7 Å². The molecule has 0 unspecified atom stereocenters. The predicted molar refractivity (Wildman–Crippen MR) is 60.7 cm³/mol. The van der Waals surface area contributed by atoms with Crippen molar-refractivity contribution in [2.24, 2.45) is 0 Å². The number of hydrogen-bond donors (Lipinski definition) is 0. The van der Waals surface area contributed by atoms with E-state index in [-0.39, 0.29) is 11.0 Å². The topological polar surface area (TPSA) is 17.8 Å². The third kappa shape index (κ3) is 1.99. The van der Waals surface area contributed by atoms with Crippen LogP contribution in [-0.4, -0.2) is 9.55 Å². The van der Waals surface area contributed by atoms with E-state index in [1.54, 1.807) is 0 Å². The second kappa shape index (κ2) is 3.11. The van der Waals surface area contributed by atoms with Crippen LogP contribution >= 0.6 is 0 Å². The molecule has 0 bridgehead atoms. The lowest BCUT2D eigenvalue weighted by atomic mass is 9.91. The van der Waals surface area contributed by atoms with Gasteiger partial charge < -0.3 is 4.57 Å². The van der Waals surface area contributed by atoms with Crippen LogP contribution in [-0.2, 0) is 11.0 Å². The van der Waals surface area contributed by atoms with Gasteiger partial charge in [-0.05, 0) is 27.7 Å². The lowest BCUT2D eigenvalue weighted by molar-refractivity contribution is 0.352. The molecule has 0 radical (unpaired) electrons. The van der Waals surface area contributed by atoms with Gasteiger partial charge >= 0.3 is 0 Å². The summed E-state index contributed by atoms with van der Waals surface area (Å²) in [5, 5.41) is 0. The first-order chi connectivity index (χ1) is 6.14. The maximum absolute atomic E-state index is 4.41. The van der Waals surface area contributed by atoms with Gasteiger partial charge in [-0.3, -0.25) is 0 Å². The smallest absolute Gasteiger partial charge is 0.106 e. The van der Waals surface area contributed by atoms with Crippen LogP contribution in [0.4, 0.5) is 0 Å². The molecule has 0 aliphatic carbocycles. The third-order valence-corrected chi connectivity index (χ3v) is 2.38. The van der Waals surface area contributed by atoms with E-state index in [1.807, 2.05) is 6.20 Å². The van der Waals surface area contributed by atoms with Crippen molar-refractivity contribution in [3.8, 4) is 0 Å². The van der Waals surface area contributed by atoms with Crippen LogP contribution < -0.4 is 0 Å². The summed E-state index contributed by atoms with van der Waals surface area (Å²) in [4.78, 5) is 4.41. The van der Waals surface area contributed by atoms with E-state index in [0.717, 1.165) is 5.82 Å². The molecule has 0 saturated heterocycles. The van der Waals surface area contributed by atoms with Gasteiger partial charge in [0, 0.05) is 22.8 Å². The first-order valence-electron chi connectivity index (χ1n) is 5.19. The standard InChI is InChI=1S/C12H22N2/c1-9-13-8-10(11(2,3)4)14(9)12(5,6)7/h8H,1-7H3. The Morgan fingerprint density at radius 1 is 1.07 bits per heavy atom. The molecule has 1 aromatic heterocycles. The molecule has 1 rings (SSSR count). The fourth-order valence-corrected chi connectivity index (χ4v) is 1.82. The highest BCUT2D eigenvalue weighted by Gasteiger charge is 2.26. The Bertz CT molecular complexity index is 321. The summed E-state index contributed by atoms with van der Waals surface area (Å²) in [5.41, 5.74) is 1.58. The molecule has 1 heterocycles. The third-order valence-electron chi connectivity index (χ3n) is 2.38. The lowest BCUT2D eigenvalue weighted by Gasteiger charge is -2.30. The van der Waals surface area contributed by atoms with Crippen LogP contribution in [0.25, 0.3) is 0 Å². The van der Waals surface area contributed by atoms with E-state index in [4.69, 9.17) is 0 Å². The maximum atomic E-state index is 4.41. The zero-order chi connectivity index (χ0) is 11.1. The predicted octanol–water partition coefficient (Wildman–Crippen LogP) is 3.24. The van der Waals surface area contributed by atoms with Gasteiger partial charge in [0.25, 0.3) is 0 Å². The zero-order valence-electron chi connectivity index (χ0n) is 10.5. The molecule has 0 atom stereocenters. The average Bonchev–Trinajstić information content (AvgIpc) is 2.27. The van der Waals surface area contributed by atoms with Crippen LogP contribution in [0.3, 0.4) is 0 Å². The Morgan fingerprint density at radius 3 is 1.86 bits per heavy atom. The van der Waals surface area contributed by atoms with Crippen LogP contribution in [0.15, 0.2) is 6.20 Å². The summed E-state index contributed by atoms with van der Waals surface area (Å²) in [6.07, 6.45) is 2.00. The number of imidazole rings is 1. The van der Waals surface area contributed by atoms with Gasteiger partial charge in [-0.1, -0.05) is 20.8 Å². The fourth-order valence-electron chi connectivity index (χ4n) is 1.82. The minimum absolute atomic E-state index is 0.114. The van der Waals surface area contributed by atoms with E-state index in [9.17, 15) is 0 Å². The molecule has 80 valence electrons. The zero-order valence-corrected chi connectivity index (χ0v) is 10.5. The van der Waals surface area contributed by atoms with E-state index < -0.39 is 0 Å². The van der Waals surface area contributed by atoms with Gasteiger partial charge in [-0.15, -0.1) is 0 Å². The summed E-state index contributed by atoms with van der Waals surface area (Å²) in [5.74, 6) is 1.10. The molecule has 2 nitrogen and oxygen atoms in total. The van der Waals surface area contributed by atoms with E-state index >= 15 is 0 Å². The number of rotatable bonds is 0. The summed E-state index contributed by atoms with van der Waals surface area (Å²) in [6, 6.07) is 0. The molecular formula is C12H22N2. The Labute approximate surface area is 87.4 Å². The van der Waals surface area contributed by atoms with Crippen molar-refractivity contribution in [1.29, 1.82) is 0 Å².